The van der Waals surface area contributed by atoms with E-state index in [1.54, 1.807) is 13.8 Å². The van der Waals surface area contributed by atoms with Crippen LogP contribution in [0.15, 0.2) is 23.1 Å². The summed E-state index contributed by atoms with van der Waals surface area (Å²) in [6.07, 6.45) is 0. The molecule has 2 N–H and O–H groups in total. The van der Waals surface area contributed by atoms with Gasteiger partial charge in [-0.15, -0.1) is 0 Å². The SMILES string of the molecule is COCC(C)(C)NS(=O)(=O)c1ccc(CO)c(Cl)c1. The molecule has 7 heteroatoms. The molecule has 0 radical (unpaired) electrons. The lowest BCUT2D eigenvalue weighted by atomic mass is 10.1. The lowest BCUT2D eigenvalue weighted by molar-refractivity contribution is 0.141. The second-order valence-corrected chi connectivity index (χ2v) is 6.92. The van der Waals surface area contributed by atoms with Gasteiger partial charge >= 0.3 is 0 Å². The van der Waals surface area contributed by atoms with Gasteiger partial charge in [-0.2, -0.15) is 0 Å². The van der Waals surface area contributed by atoms with Gasteiger partial charge in [-0.25, -0.2) is 13.1 Å². The summed E-state index contributed by atoms with van der Waals surface area (Å²) in [5.41, 5.74) is -0.243. The van der Waals surface area contributed by atoms with Gasteiger partial charge in [0.1, 0.15) is 0 Å². The molecule has 0 bridgehead atoms. The van der Waals surface area contributed by atoms with Crippen LogP contribution < -0.4 is 4.72 Å². The smallest absolute Gasteiger partial charge is 0.241 e. The predicted octanol–water partition coefficient (Wildman–Crippen LogP) is 1.54. The highest BCUT2D eigenvalue weighted by Gasteiger charge is 2.26. The zero-order valence-corrected chi connectivity index (χ0v) is 12.7. The molecule has 1 aromatic rings. The van der Waals surface area contributed by atoms with E-state index in [0.717, 1.165) is 0 Å². The van der Waals surface area contributed by atoms with Crippen LogP contribution >= 0.6 is 11.6 Å². The minimum atomic E-state index is -3.68. The van der Waals surface area contributed by atoms with Crippen molar-refractivity contribution in [3.8, 4) is 0 Å². The highest BCUT2D eigenvalue weighted by Crippen LogP contribution is 2.22. The average molecular weight is 308 g/mol. The van der Waals surface area contributed by atoms with Crippen LogP contribution in [-0.2, 0) is 21.4 Å². The molecule has 0 spiro atoms. The molecule has 19 heavy (non-hydrogen) atoms. The normalized spacial score (nSPS) is 12.7. The molecule has 0 amide bonds. The third-order valence-corrected chi connectivity index (χ3v) is 4.47. The van der Waals surface area contributed by atoms with Gasteiger partial charge in [0.2, 0.25) is 10.0 Å². The molecule has 0 fully saturated rings. The first kappa shape index (κ1) is 16.4. The summed E-state index contributed by atoms with van der Waals surface area (Å²) in [6.45, 7) is 3.45. The van der Waals surface area contributed by atoms with E-state index in [1.165, 1.54) is 25.3 Å². The standard InChI is InChI=1S/C12H18ClNO4S/c1-12(2,8-18-3)14-19(16,17)10-5-4-9(7-15)11(13)6-10/h4-6,14-15H,7-8H2,1-3H3. The lowest BCUT2D eigenvalue weighted by Gasteiger charge is -2.25. The number of aliphatic hydroxyl groups excluding tert-OH is 1. The number of rotatable bonds is 6. The number of methoxy groups -OCH3 is 1. The summed E-state index contributed by atoms with van der Waals surface area (Å²) in [6, 6.07) is 4.21. The van der Waals surface area contributed by atoms with Gasteiger partial charge in [0.05, 0.1) is 23.6 Å². The monoisotopic (exact) mass is 307 g/mol. The second kappa shape index (κ2) is 6.19. The molecule has 0 aliphatic carbocycles. The molecule has 0 atom stereocenters. The number of aliphatic hydroxyl groups is 1. The van der Waals surface area contributed by atoms with Crippen LogP contribution in [0.2, 0.25) is 5.02 Å². The average Bonchev–Trinajstić information content (AvgIpc) is 2.27. The topological polar surface area (TPSA) is 75.6 Å². The Bertz CT molecular complexity index is 543. The van der Waals surface area contributed by atoms with Gasteiger partial charge in [-0.3, -0.25) is 0 Å². The van der Waals surface area contributed by atoms with E-state index in [4.69, 9.17) is 21.4 Å². The molecule has 0 heterocycles. The highest BCUT2D eigenvalue weighted by molar-refractivity contribution is 7.89. The maximum absolute atomic E-state index is 12.2. The Morgan fingerprint density at radius 1 is 1.42 bits per heavy atom. The molecule has 0 aliphatic heterocycles. The van der Waals surface area contributed by atoms with E-state index in [1.807, 2.05) is 0 Å². The lowest BCUT2D eigenvalue weighted by Crippen LogP contribution is -2.46. The molecule has 0 unspecified atom stereocenters. The van der Waals surface area contributed by atoms with Crippen molar-refractivity contribution in [2.24, 2.45) is 0 Å². The third-order valence-electron chi connectivity index (χ3n) is 2.42. The van der Waals surface area contributed by atoms with Crippen LogP contribution in [0, 0.1) is 0 Å². The fraction of sp³-hybridized carbons (Fsp3) is 0.500. The summed E-state index contributed by atoms with van der Waals surface area (Å²) in [4.78, 5) is 0.0545. The Hall–Kier alpha value is -0.660. The molecule has 1 rings (SSSR count). The predicted molar refractivity (Wildman–Crippen MR) is 73.7 cm³/mol. The van der Waals surface area contributed by atoms with Crippen LogP contribution in [0.3, 0.4) is 0 Å². The van der Waals surface area contributed by atoms with Crippen molar-refractivity contribution < 1.29 is 18.3 Å². The molecule has 0 saturated carbocycles. The molecule has 5 nitrogen and oxygen atoms in total. The van der Waals surface area contributed by atoms with E-state index in [0.29, 0.717) is 5.56 Å². The van der Waals surface area contributed by atoms with Crippen molar-refractivity contribution in [2.75, 3.05) is 13.7 Å². The Morgan fingerprint density at radius 2 is 2.05 bits per heavy atom. The largest absolute Gasteiger partial charge is 0.392 e. The Balaban J connectivity index is 3.04. The van der Waals surface area contributed by atoms with Crippen LogP contribution in [0.4, 0.5) is 0 Å². The molecule has 0 aliphatic rings. The first-order valence-corrected chi connectivity index (χ1v) is 7.50. The van der Waals surface area contributed by atoms with Crippen molar-refractivity contribution in [1.82, 2.24) is 4.72 Å². The highest BCUT2D eigenvalue weighted by atomic mass is 35.5. The maximum Gasteiger partial charge on any atom is 0.241 e. The summed E-state index contributed by atoms with van der Waals surface area (Å²) in [5, 5.41) is 9.22. The summed E-state index contributed by atoms with van der Waals surface area (Å²) < 4.78 is 31.9. The van der Waals surface area contributed by atoms with Gasteiger partial charge in [0, 0.05) is 12.1 Å². The minimum absolute atomic E-state index is 0.0545. The summed E-state index contributed by atoms with van der Waals surface area (Å²) in [7, 11) is -2.18. The van der Waals surface area contributed by atoms with Gasteiger partial charge < -0.3 is 9.84 Å². The van der Waals surface area contributed by atoms with E-state index in [-0.39, 0.29) is 23.1 Å². The van der Waals surface area contributed by atoms with Crippen molar-refractivity contribution in [3.05, 3.63) is 28.8 Å². The molecule has 108 valence electrons. The molecule has 1 aromatic carbocycles. The number of halogens is 1. The van der Waals surface area contributed by atoms with Gasteiger partial charge in [-0.05, 0) is 31.5 Å². The first-order valence-electron chi connectivity index (χ1n) is 5.64. The quantitative estimate of drug-likeness (QED) is 0.836. The minimum Gasteiger partial charge on any atom is -0.392 e. The number of hydrogen-bond acceptors (Lipinski definition) is 4. The summed E-state index contributed by atoms with van der Waals surface area (Å²) >= 11 is 5.89. The second-order valence-electron chi connectivity index (χ2n) is 4.83. The number of ether oxygens (including phenoxy) is 1. The molecular formula is C12H18ClNO4S. The van der Waals surface area contributed by atoms with Crippen LogP contribution in [-0.4, -0.2) is 32.8 Å². The van der Waals surface area contributed by atoms with Gasteiger partial charge in [-0.1, -0.05) is 17.7 Å². The fourth-order valence-corrected chi connectivity index (χ4v) is 3.37. The van der Waals surface area contributed by atoms with Crippen molar-refractivity contribution in [2.45, 2.75) is 30.9 Å². The van der Waals surface area contributed by atoms with Crippen LogP contribution in [0.1, 0.15) is 19.4 Å². The Morgan fingerprint density at radius 3 is 2.53 bits per heavy atom. The van der Waals surface area contributed by atoms with E-state index in [9.17, 15) is 8.42 Å². The number of benzene rings is 1. The Kier molecular flexibility index (Phi) is 5.34. The van der Waals surface area contributed by atoms with Crippen LogP contribution in [0.5, 0.6) is 0 Å². The van der Waals surface area contributed by atoms with E-state index in [2.05, 4.69) is 4.72 Å². The summed E-state index contributed by atoms with van der Waals surface area (Å²) in [5.74, 6) is 0. The molecule has 0 aromatic heterocycles. The van der Waals surface area contributed by atoms with Crippen molar-refractivity contribution in [1.29, 1.82) is 0 Å². The zero-order chi connectivity index (χ0) is 14.7. The molecular weight excluding hydrogens is 290 g/mol. The maximum atomic E-state index is 12.2. The van der Waals surface area contributed by atoms with E-state index < -0.39 is 15.6 Å². The molecule has 0 saturated heterocycles. The third kappa shape index (κ3) is 4.43. The van der Waals surface area contributed by atoms with Gasteiger partial charge in [0.15, 0.2) is 0 Å². The van der Waals surface area contributed by atoms with Gasteiger partial charge in [0.25, 0.3) is 0 Å². The number of hydrogen-bond donors (Lipinski definition) is 2. The van der Waals surface area contributed by atoms with Crippen molar-refractivity contribution in [3.63, 3.8) is 0 Å². The zero-order valence-electron chi connectivity index (χ0n) is 11.1. The fourth-order valence-electron chi connectivity index (χ4n) is 1.64. The Labute approximate surface area is 118 Å². The number of nitrogens with one attached hydrogen (secondary N) is 1. The number of sulfonamides is 1. The van der Waals surface area contributed by atoms with E-state index >= 15 is 0 Å². The first-order chi connectivity index (χ1) is 8.72. The van der Waals surface area contributed by atoms with Crippen molar-refractivity contribution >= 4 is 21.6 Å². The van der Waals surface area contributed by atoms with Crippen LogP contribution in [0.25, 0.3) is 0 Å².